The lowest BCUT2D eigenvalue weighted by molar-refractivity contribution is -0.138. The Morgan fingerprint density at radius 1 is 1.13 bits per heavy atom. The van der Waals surface area contributed by atoms with Crippen LogP contribution < -0.4 is 21.3 Å². The van der Waals surface area contributed by atoms with Crippen LogP contribution in [0, 0.1) is 0 Å². The Bertz CT molecular complexity index is 737. The van der Waals surface area contributed by atoms with Crippen LogP contribution in [0.15, 0.2) is 30.3 Å². The molecule has 10 heteroatoms. The Balaban J connectivity index is 1.70. The lowest BCUT2D eigenvalue weighted by Crippen LogP contribution is -2.52. The summed E-state index contributed by atoms with van der Waals surface area (Å²) in [6.07, 6.45) is 2.50. The fraction of sp³-hybridized carbons (Fsp3) is 0.524. The van der Waals surface area contributed by atoms with Crippen LogP contribution in [0.2, 0.25) is 0 Å². The fourth-order valence-electron chi connectivity index (χ4n) is 3.17. The largest absolute Gasteiger partial charge is 0.480 e. The minimum atomic E-state index is -1.16. The summed E-state index contributed by atoms with van der Waals surface area (Å²) >= 11 is 0. The summed E-state index contributed by atoms with van der Waals surface area (Å²) in [5, 5.41) is 19.5. The highest BCUT2D eigenvalue weighted by Crippen LogP contribution is 2.07. The molecule has 170 valence electrons. The summed E-state index contributed by atoms with van der Waals surface area (Å²) < 4.78 is 5.12. The highest BCUT2D eigenvalue weighted by Gasteiger charge is 2.27. The number of aliphatic carboxylic acids is 1. The van der Waals surface area contributed by atoms with Crippen molar-refractivity contribution in [2.75, 3.05) is 19.6 Å². The summed E-state index contributed by atoms with van der Waals surface area (Å²) in [5.41, 5.74) is 0.889. The zero-order valence-electron chi connectivity index (χ0n) is 17.4. The highest BCUT2D eigenvalue weighted by molar-refractivity contribution is 5.91. The zero-order chi connectivity index (χ0) is 22.5. The van der Waals surface area contributed by atoms with Gasteiger partial charge in [-0.15, -0.1) is 0 Å². The van der Waals surface area contributed by atoms with Gasteiger partial charge in [-0.05, 0) is 44.2 Å². The highest BCUT2D eigenvalue weighted by atomic mass is 16.5. The minimum Gasteiger partial charge on any atom is -0.480 e. The Morgan fingerprint density at radius 2 is 1.90 bits per heavy atom. The van der Waals surface area contributed by atoms with Gasteiger partial charge in [0.25, 0.3) is 0 Å². The first kappa shape index (κ1) is 24.1. The van der Waals surface area contributed by atoms with Crippen LogP contribution in [0.1, 0.15) is 37.7 Å². The maximum atomic E-state index is 12.3. The smallest absolute Gasteiger partial charge is 0.407 e. The van der Waals surface area contributed by atoms with Crippen molar-refractivity contribution in [3.63, 3.8) is 0 Å². The number of nitrogens with one attached hydrogen (secondary N) is 4. The summed E-state index contributed by atoms with van der Waals surface area (Å²) in [4.78, 5) is 47.1. The molecule has 31 heavy (non-hydrogen) atoms. The van der Waals surface area contributed by atoms with Crippen molar-refractivity contribution in [2.24, 2.45) is 0 Å². The minimum absolute atomic E-state index is 0.180. The second-order valence-corrected chi connectivity index (χ2v) is 7.31. The molecular formula is C21H30N4O6. The van der Waals surface area contributed by atoms with Gasteiger partial charge in [-0.2, -0.15) is 0 Å². The van der Waals surface area contributed by atoms with E-state index in [0.717, 1.165) is 18.5 Å². The molecule has 3 amide bonds. The molecule has 2 rings (SSSR count). The molecule has 0 unspecified atom stereocenters. The Morgan fingerprint density at radius 3 is 2.58 bits per heavy atom. The lowest BCUT2D eigenvalue weighted by atomic mass is 10.1. The number of hydrogen-bond acceptors (Lipinski definition) is 6. The van der Waals surface area contributed by atoms with Crippen LogP contribution in [-0.2, 0) is 25.7 Å². The molecule has 10 nitrogen and oxygen atoms in total. The molecule has 1 fully saturated rings. The van der Waals surface area contributed by atoms with Crippen molar-refractivity contribution in [1.82, 2.24) is 21.3 Å². The average Bonchev–Trinajstić information content (AvgIpc) is 3.30. The van der Waals surface area contributed by atoms with Crippen molar-refractivity contribution >= 4 is 23.9 Å². The third kappa shape index (κ3) is 9.47. The Hall–Kier alpha value is -3.14. The molecule has 5 N–H and O–H groups in total. The first-order valence-corrected chi connectivity index (χ1v) is 10.4. The third-order valence-electron chi connectivity index (χ3n) is 4.83. The molecule has 0 aromatic heterocycles. The van der Waals surface area contributed by atoms with E-state index in [4.69, 9.17) is 9.84 Å². The number of carbonyl (C=O) groups excluding carboxylic acids is 3. The molecule has 1 saturated heterocycles. The predicted octanol–water partition coefficient (Wildman–Crippen LogP) is 0.521. The second kappa shape index (κ2) is 13.2. The molecule has 0 radical (unpaired) electrons. The summed E-state index contributed by atoms with van der Waals surface area (Å²) in [5.74, 6) is -1.96. The number of rotatable bonds is 12. The molecule has 1 aromatic carbocycles. The van der Waals surface area contributed by atoms with Gasteiger partial charge in [0.05, 0.1) is 6.04 Å². The van der Waals surface area contributed by atoms with Gasteiger partial charge >= 0.3 is 12.1 Å². The maximum absolute atomic E-state index is 12.3. The van der Waals surface area contributed by atoms with Gasteiger partial charge in [-0.25, -0.2) is 4.79 Å². The Labute approximate surface area is 181 Å². The number of carboxylic acid groups (broad SMARTS) is 1. The van der Waals surface area contributed by atoms with Crippen LogP contribution in [-0.4, -0.2) is 60.7 Å². The van der Waals surface area contributed by atoms with Crippen molar-refractivity contribution in [3.8, 4) is 0 Å². The number of amides is 3. The summed E-state index contributed by atoms with van der Waals surface area (Å²) in [6, 6.07) is 8.15. The molecule has 0 spiro atoms. The van der Waals surface area contributed by atoms with Crippen LogP contribution in [0.4, 0.5) is 4.79 Å². The molecule has 1 aromatic rings. The fourth-order valence-corrected chi connectivity index (χ4v) is 3.17. The van der Waals surface area contributed by atoms with E-state index in [1.165, 1.54) is 0 Å². The second-order valence-electron chi connectivity index (χ2n) is 7.31. The standard InChI is InChI=1S/C21H30N4O6/c26-18(27)13-24-19(28)17(25-20(29)16-10-6-12-22-16)9-4-5-11-23-21(30)31-14-15-7-2-1-3-8-15/h1-3,7-8,16-17,22H,4-6,9-14H2,(H,23,30)(H,24,28)(H,25,29)(H,26,27)/t16-,17-/m0/s1. The monoisotopic (exact) mass is 434 g/mol. The zero-order valence-corrected chi connectivity index (χ0v) is 17.4. The molecular weight excluding hydrogens is 404 g/mol. The number of unbranched alkanes of at least 4 members (excludes halogenated alkanes) is 1. The van der Waals surface area contributed by atoms with Crippen LogP contribution in [0.5, 0.6) is 0 Å². The number of carboxylic acids is 1. The van der Waals surface area contributed by atoms with Gasteiger partial charge in [0.2, 0.25) is 11.8 Å². The van der Waals surface area contributed by atoms with E-state index < -0.39 is 30.6 Å². The van der Waals surface area contributed by atoms with Gasteiger partial charge in [-0.3, -0.25) is 14.4 Å². The summed E-state index contributed by atoms with van der Waals surface area (Å²) in [6.45, 7) is 0.774. The van der Waals surface area contributed by atoms with E-state index >= 15 is 0 Å². The van der Waals surface area contributed by atoms with Gasteiger partial charge in [0, 0.05) is 6.54 Å². The SMILES string of the molecule is O=C(O)CNC(=O)[C@H](CCCCNC(=O)OCc1ccccc1)NC(=O)[C@@H]1CCCN1. The number of ether oxygens (including phenoxy) is 1. The van der Waals surface area contributed by atoms with Crippen LogP contribution in [0.25, 0.3) is 0 Å². The number of hydrogen-bond donors (Lipinski definition) is 5. The van der Waals surface area contributed by atoms with Gasteiger partial charge in [0.1, 0.15) is 19.2 Å². The van der Waals surface area contributed by atoms with E-state index in [1.807, 2.05) is 30.3 Å². The first-order chi connectivity index (χ1) is 15.0. The van der Waals surface area contributed by atoms with E-state index in [0.29, 0.717) is 32.2 Å². The average molecular weight is 434 g/mol. The molecule has 0 aliphatic carbocycles. The van der Waals surface area contributed by atoms with Crippen LogP contribution in [0.3, 0.4) is 0 Å². The number of alkyl carbamates (subject to hydrolysis) is 1. The molecule has 0 bridgehead atoms. The first-order valence-electron chi connectivity index (χ1n) is 10.4. The maximum Gasteiger partial charge on any atom is 0.407 e. The van der Waals surface area contributed by atoms with Gasteiger partial charge in [-0.1, -0.05) is 30.3 Å². The number of carbonyl (C=O) groups is 4. The van der Waals surface area contributed by atoms with E-state index in [-0.39, 0.29) is 18.6 Å². The van der Waals surface area contributed by atoms with Gasteiger partial charge < -0.3 is 31.1 Å². The molecule has 1 heterocycles. The quantitative estimate of drug-likeness (QED) is 0.302. The predicted molar refractivity (Wildman–Crippen MR) is 112 cm³/mol. The van der Waals surface area contributed by atoms with Crippen molar-refractivity contribution in [1.29, 1.82) is 0 Å². The number of benzene rings is 1. The van der Waals surface area contributed by atoms with E-state index in [2.05, 4.69) is 21.3 Å². The molecule has 0 saturated carbocycles. The van der Waals surface area contributed by atoms with Crippen molar-refractivity contribution in [2.45, 2.75) is 50.8 Å². The third-order valence-corrected chi connectivity index (χ3v) is 4.83. The summed E-state index contributed by atoms with van der Waals surface area (Å²) in [7, 11) is 0. The normalized spacial score (nSPS) is 16.2. The van der Waals surface area contributed by atoms with E-state index in [9.17, 15) is 19.2 Å². The van der Waals surface area contributed by atoms with Gasteiger partial charge in [0.15, 0.2) is 0 Å². The van der Waals surface area contributed by atoms with Crippen LogP contribution >= 0.6 is 0 Å². The lowest BCUT2D eigenvalue weighted by Gasteiger charge is -2.20. The van der Waals surface area contributed by atoms with Crippen molar-refractivity contribution < 1.29 is 29.0 Å². The topological polar surface area (TPSA) is 146 Å². The molecule has 1 aliphatic rings. The van der Waals surface area contributed by atoms with Crippen molar-refractivity contribution in [3.05, 3.63) is 35.9 Å². The molecule has 2 atom stereocenters. The Kier molecular flexibility index (Phi) is 10.3. The van der Waals surface area contributed by atoms with E-state index in [1.54, 1.807) is 0 Å². The molecule has 1 aliphatic heterocycles.